The number of nitrogens with one attached hydrogen (secondary N) is 1. The van der Waals surface area contributed by atoms with Gasteiger partial charge < -0.3 is 15.6 Å². The van der Waals surface area contributed by atoms with E-state index in [4.69, 9.17) is 17.3 Å². The molecular weight excluding hydrogens is 379 g/mol. The van der Waals surface area contributed by atoms with Gasteiger partial charge in [0.1, 0.15) is 11.6 Å². The number of nitrogens with two attached hydrogens (primary N) is 1. The first-order valence-corrected chi connectivity index (χ1v) is 9.82. The first kappa shape index (κ1) is 18.9. The van der Waals surface area contributed by atoms with Gasteiger partial charge in [-0.2, -0.15) is 0 Å². The number of hydrogen-bond donors (Lipinski definition) is 2. The van der Waals surface area contributed by atoms with E-state index in [1.54, 1.807) is 24.3 Å². The van der Waals surface area contributed by atoms with Gasteiger partial charge in [0, 0.05) is 24.0 Å². The van der Waals surface area contributed by atoms with Gasteiger partial charge in [-0.1, -0.05) is 29.8 Å². The summed E-state index contributed by atoms with van der Waals surface area (Å²) in [6.07, 6.45) is 2.27. The van der Waals surface area contributed by atoms with Crippen LogP contribution < -0.4 is 5.73 Å². The molecular formula is C21H22ClFN4O. The second-order valence-electron chi connectivity index (χ2n) is 7.29. The van der Waals surface area contributed by atoms with Crippen LogP contribution in [0, 0.1) is 5.82 Å². The molecule has 1 fully saturated rings. The Labute approximate surface area is 167 Å². The average Bonchev–Trinajstić information content (AvgIpc) is 3.29. The van der Waals surface area contributed by atoms with Gasteiger partial charge in [0.05, 0.1) is 17.1 Å². The van der Waals surface area contributed by atoms with E-state index in [0.29, 0.717) is 23.6 Å². The highest BCUT2D eigenvalue weighted by Gasteiger charge is 2.32. The van der Waals surface area contributed by atoms with E-state index in [0.717, 1.165) is 29.7 Å². The summed E-state index contributed by atoms with van der Waals surface area (Å²) in [5, 5.41) is 0.640. The normalized spacial score (nSPS) is 18.0. The third kappa shape index (κ3) is 3.88. The molecule has 0 bridgehead atoms. The number of benzene rings is 2. The maximum Gasteiger partial charge on any atom is 0.224 e. The van der Waals surface area contributed by atoms with Gasteiger partial charge >= 0.3 is 0 Å². The highest BCUT2D eigenvalue weighted by molar-refractivity contribution is 6.31. The predicted molar refractivity (Wildman–Crippen MR) is 107 cm³/mol. The van der Waals surface area contributed by atoms with Gasteiger partial charge in [-0.15, -0.1) is 0 Å². The van der Waals surface area contributed by atoms with Gasteiger partial charge in [0.25, 0.3) is 0 Å². The topological polar surface area (TPSA) is 75.0 Å². The van der Waals surface area contributed by atoms with Crippen molar-refractivity contribution in [2.45, 2.75) is 37.8 Å². The molecule has 1 aromatic heterocycles. The summed E-state index contributed by atoms with van der Waals surface area (Å²) in [6, 6.07) is 11.5. The number of imidazole rings is 1. The Morgan fingerprint density at radius 1 is 1.36 bits per heavy atom. The van der Waals surface area contributed by atoms with Gasteiger partial charge in [-0.05, 0) is 49.1 Å². The lowest BCUT2D eigenvalue weighted by atomic mass is 10.0. The molecule has 7 heteroatoms. The summed E-state index contributed by atoms with van der Waals surface area (Å²) in [6.45, 7) is 0.674. The third-order valence-electron chi connectivity index (χ3n) is 5.23. The van der Waals surface area contributed by atoms with Crippen LogP contribution in [-0.2, 0) is 11.2 Å². The molecule has 1 amide bonds. The Morgan fingerprint density at radius 3 is 3.00 bits per heavy atom. The second kappa shape index (κ2) is 7.89. The van der Waals surface area contributed by atoms with Crippen LogP contribution >= 0.6 is 11.6 Å². The Morgan fingerprint density at radius 2 is 2.18 bits per heavy atom. The molecule has 0 saturated carbocycles. The van der Waals surface area contributed by atoms with Crippen molar-refractivity contribution in [3.63, 3.8) is 0 Å². The molecule has 1 aliphatic rings. The number of fused-ring (bicyclic) bond motifs is 1. The molecule has 2 heterocycles. The smallest absolute Gasteiger partial charge is 0.224 e. The molecule has 1 aliphatic heterocycles. The molecule has 28 heavy (non-hydrogen) atoms. The minimum atomic E-state index is -0.430. The highest BCUT2D eigenvalue weighted by Crippen LogP contribution is 2.32. The number of H-pyrrole nitrogens is 1. The molecule has 0 spiro atoms. The van der Waals surface area contributed by atoms with Gasteiger partial charge in [-0.25, -0.2) is 9.37 Å². The van der Waals surface area contributed by atoms with Crippen LogP contribution in [0.25, 0.3) is 11.0 Å². The van der Waals surface area contributed by atoms with Gasteiger partial charge in [0.15, 0.2) is 0 Å². The van der Waals surface area contributed by atoms with E-state index < -0.39 is 6.04 Å². The summed E-state index contributed by atoms with van der Waals surface area (Å²) in [4.78, 5) is 22.6. The van der Waals surface area contributed by atoms with Crippen molar-refractivity contribution in [3.8, 4) is 0 Å². The van der Waals surface area contributed by atoms with Crippen molar-refractivity contribution in [2.24, 2.45) is 5.73 Å². The van der Waals surface area contributed by atoms with Crippen molar-refractivity contribution in [2.75, 3.05) is 6.54 Å². The van der Waals surface area contributed by atoms with Gasteiger partial charge in [-0.3, -0.25) is 4.79 Å². The van der Waals surface area contributed by atoms with E-state index in [1.165, 1.54) is 6.07 Å². The van der Waals surface area contributed by atoms with Crippen LogP contribution in [0.1, 0.15) is 36.7 Å². The second-order valence-corrected chi connectivity index (χ2v) is 7.72. The summed E-state index contributed by atoms with van der Waals surface area (Å²) in [7, 11) is 0. The maximum atomic E-state index is 13.8. The summed E-state index contributed by atoms with van der Waals surface area (Å²) >= 11 is 6.05. The average molecular weight is 401 g/mol. The van der Waals surface area contributed by atoms with Crippen LogP contribution in [0.15, 0.2) is 42.5 Å². The summed E-state index contributed by atoms with van der Waals surface area (Å²) in [5.74, 6) is 0.459. The molecule has 1 saturated heterocycles. The van der Waals surface area contributed by atoms with E-state index >= 15 is 0 Å². The number of amides is 1. The fourth-order valence-corrected chi connectivity index (χ4v) is 4.04. The number of carbonyl (C=O) groups is 1. The van der Waals surface area contributed by atoms with Crippen LogP contribution in [0.3, 0.4) is 0 Å². The molecule has 146 valence electrons. The van der Waals surface area contributed by atoms with Crippen LogP contribution in [0.5, 0.6) is 0 Å². The van der Waals surface area contributed by atoms with Crippen molar-refractivity contribution in [3.05, 3.63) is 64.7 Å². The molecule has 2 atom stereocenters. The van der Waals surface area contributed by atoms with E-state index in [-0.39, 0.29) is 24.2 Å². The minimum Gasteiger partial charge on any atom is -0.340 e. The van der Waals surface area contributed by atoms with Crippen molar-refractivity contribution >= 4 is 28.5 Å². The first-order valence-electron chi connectivity index (χ1n) is 9.45. The number of hydrogen-bond acceptors (Lipinski definition) is 3. The number of halogens is 2. The Bertz CT molecular complexity index is 1000. The lowest BCUT2D eigenvalue weighted by Crippen LogP contribution is -2.36. The Kier molecular flexibility index (Phi) is 5.33. The highest BCUT2D eigenvalue weighted by atomic mass is 35.5. The fraction of sp³-hybridized carbons (Fsp3) is 0.333. The number of nitrogens with zero attached hydrogens (tertiary/aromatic N) is 2. The van der Waals surface area contributed by atoms with E-state index in [2.05, 4.69) is 9.97 Å². The predicted octanol–water partition coefficient (Wildman–Crippen LogP) is 3.98. The lowest BCUT2D eigenvalue weighted by Gasteiger charge is -2.24. The molecule has 2 aromatic carbocycles. The van der Waals surface area contributed by atoms with Crippen molar-refractivity contribution in [1.82, 2.24) is 14.9 Å². The molecule has 0 radical (unpaired) electrons. The molecule has 5 nitrogen and oxygen atoms in total. The fourth-order valence-electron chi connectivity index (χ4n) is 3.87. The third-order valence-corrected chi connectivity index (χ3v) is 5.46. The zero-order valence-electron chi connectivity index (χ0n) is 15.4. The molecule has 0 aliphatic carbocycles. The summed E-state index contributed by atoms with van der Waals surface area (Å²) < 4.78 is 13.8. The Hall–Kier alpha value is -2.44. The number of carbonyl (C=O) groups excluding carboxylic acids is 1. The maximum absolute atomic E-state index is 13.8. The first-order chi connectivity index (χ1) is 13.5. The summed E-state index contributed by atoms with van der Waals surface area (Å²) in [5.41, 5.74) is 8.38. The number of likely N-dealkylation sites (tertiary alicyclic amines) is 1. The molecule has 3 aromatic rings. The van der Waals surface area contributed by atoms with E-state index in [1.807, 2.05) is 17.0 Å². The molecule has 4 rings (SSSR count). The monoisotopic (exact) mass is 400 g/mol. The largest absolute Gasteiger partial charge is 0.340 e. The van der Waals surface area contributed by atoms with Crippen molar-refractivity contribution in [1.29, 1.82) is 0 Å². The SMILES string of the molecule is NC(CC(=O)N1CCC[C@H]1c1nc2ccc(Cl)cc2[nH]1)Cc1ccccc1F. The standard InChI is InChI=1S/C21H22ClFN4O/c22-14-7-8-17-18(11-14)26-21(25-17)19-6-3-9-27(19)20(28)12-15(24)10-13-4-1-2-5-16(13)23/h1-2,4-5,7-8,11,15,19H,3,6,9-10,12,24H2,(H,25,26)/t15?,19-/m0/s1. The van der Waals surface area contributed by atoms with Crippen LogP contribution in [-0.4, -0.2) is 33.4 Å². The number of aromatic nitrogens is 2. The van der Waals surface area contributed by atoms with E-state index in [9.17, 15) is 9.18 Å². The van der Waals surface area contributed by atoms with Crippen molar-refractivity contribution < 1.29 is 9.18 Å². The Balaban J connectivity index is 1.46. The lowest BCUT2D eigenvalue weighted by molar-refractivity contribution is -0.132. The molecule has 1 unspecified atom stereocenters. The van der Waals surface area contributed by atoms with Gasteiger partial charge in [0.2, 0.25) is 5.91 Å². The minimum absolute atomic E-state index is 0.0233. The molecule has 3 N–H and O–H groups in total. The zero-order valence-corrected chi connectivity index (χ0v) is 16.1. The zero-order chi connectivity index (χ0) is 19.7. The van der Waals surface area contributed by atoms with Crippen LogP contribution in [0.4, 0.5) is 4.39 Å². The number of aromatic amines is 1. The quantitative estimate of drug-likeness (QED) is 0.680. The number of rotatable bonds is 5. The van der Waals surface area contributed by atoms with Crippen LogP contribution in [0.2, 0.25) is 5.02 Å².